The van der Waals surface area contributed by atoms with Crippen molar-refractivity contribution >= 4 is 34.0 Å². The Labute approximate surface area is 253 Å². The van der Waals surface area contributed by atoms with Crippen molar-refractivity contribution in [2.45, 2.75) is 25.4 Å². The average molecular weight is 603 g/mol. The number of nitrogens with one attached hydrogen (secondary N) is 2. The molecule has 224 valence electrons. The van der Waals surface area contributed by atoms with Crippen LogP contribution in [-0.4, -0.2) is 98.4 Å². The maximum atomic E-state index is 12.2. The van der Waals surface area contributed by atoms with E-state index in [1.807, 2.05) is 35.2 Å². The summed E-state index contributed by atoms with van der Waals surface area (Å²) in [5, 5.41) is 20.6. The van der Waals surface area contributed by atoms with Crippen molar-refractivity contribution in [2.24, 2.45) is 0 Å². The number of aromatic nitrogens is 6. The molecule has 14 heteroatoms. The van der Waals surface area contributed by atoms with Crippen LogP contribution in [0.3, 0.4) is 0 Å². The van der Waals surface area contributed by atoms with Crippen LogP contribution in [0.5, 0.6) is 5.75 Å². The van der Waals surface area contributed by atoms with Gasteiger partial charge in [0, 0.05) is 38.8 Å². The van der Waals surface area contributed by atoms with Gasteiger partial charge in [-0.15, -0.1) is 15.0 Å². The molecule has 5 heterocycles. The summed E-state index contributed by atoms with van der Waals surface area (Å²) in [4.78, 5) is 28.1. The first-order chi connectivity index (χ1) is 21.1. The Morgan fingerprint density at radius 2 is 2.05 bits per heavy atom. The van der Waals surface area contributed by atoms with Gasteiger partial charge in [0.1, 0.15) is 23.1 Å². The van der Waals surface area contributed by atoms with Gasteiger partial charge in [-0.1, -0.05) is 30.0 Å². The lowest BCUT2D eigenvalue weighted by atomic mass is 10.1. The fourth-order valence-electron chi connectivity index (χ4n) is 5.22. The first-order valence-electron chi connectivity index (χ1n) is 14.2. The van der Waals surface area contributed by atoms with Gasteiger partial charge in [0.2, 0.25) is 11.7 Å². The number of thiazole rings is 1. The third-order valence-corrected chi connectivity index (χ3v) is 8.24. The number of carbonyl (C=O) groups excluding carboxylic acids is 1. The molecule has 2 saturated heterocycles. The van der Waals surface area contributed by atoms with Crippen molar-refractivity contribution in [1.29, 1.82) is 0 Å². The molecule has 1 amide bonds. The first kappa shape index (κ1) is 28.7. The van der Waals surface area contributed by atoms with Gasteiger partial charge >= 0.3 is 0 Å². The fourth-order valence-corrected chi connectivity index (χ4v) is 5.97. The van der Waals surface area contributed by atoms with Crippen molar-refractivity contribution in [3.8, 4) is 22.1 Å². The molecule has 3 aromatic heterocycles. The Kier molecular flexibility index (Phi) is 8.86. The molecule has 43 heavy (non-hydrogen) atoms. The summed E-state index contributed by atoms with van der Waals surface area (Å²) < 4.78 is 11.0. The van der Waals surface area contributed by atoms with Crippen LogP contribution >= 0.6 is 11.3 Å². The third kappa shape index (κ3) is 6.98. The number of morpholine rings is 1. The normalized spacial score (nSPS) is 17.4. The number of pyridine rings is 1. The number of amides is 1. The van der Waals surface area contributed by atoms with Crippen molar-refractivity contribution in [3.05, 3.63) is 60.8 Å². The van der Waals surface area contributed by atoms with Crippen LogP contribution in [0.2, 0.25) is 0 Å². The maximum Gasteiger partial charge on any atom is 0.246 e. The average Bonchev–Trinajstić information content (AvgIpc) is 3.71. The number of para-hydroxylation sites is 2. The van der Waals surface area contributed by atoms with Crippen molar-refractivity contribution in [2.75, 3.05) is 57.1 Å². The zero-order valence-electron chi connectivity index (χ0n) is 24.0. The van der Waals surface area contributed by atoms with Crippen molar-refractivity contribution in [1.82, 2.24) is 40.0 Å². The molecular weight excluding hydrogens is 568 g/mol. The number of rotatable bonds is 10. The highest BCUT2D eigenvalue weighted by molar-refractivity contribution is 7.18. The molecule has 2 aliphatic rings. The molecule has 0 aliphatic carbocycles. The van der Waals surface area contributed by atoms with Gasteiger partial charge in [-0.3, -0.25) is 9.69 Å². The molecule has 0 spiro atoms. The van der Waals surface area contributed by atoms with Crippen LogP contribution in [0.25, 0.3) is 16.4 Å². The lowest BCUT2D eigenvalue weighted by Gasteiger charge is -2.33. The minimum Gasteiger partial charge on any atom is -0.494 e. The fraction of sp³-hybridized carbons (Fsp3) is 0.379. The lowest BCUT2D eigenvalue weighted by molar-refractivity contribution is -0.127. The lowest BCUT2D eigenvalue weighted by Crippen LogP contribution is -2.44. The van der Waals surface area contributed by atoms with E-state index in [2.05, 4.69) is 48.6 Å². The van der Waals surface area contributed by atoms with Crippen LogP contribution in [0.15, 0.2) is 55.3 Å². The predicted octanol–water partition coefficient (Wildman–Crippen LogP) is 3.35. The second kappa shape index (κ2) is 13.3. The molecular formula is C29H34N10O3S. The minimum atomic E-state index is -0.0418. The van der Waals surface area contributed by atoms with E-state index in [0.717, 1.165) is 68.5 Å². The van der Waals surface area contributed by atoms with Crippen LogP contribution in [0.4, 0.5) is 16.8 Å². The Hall–Kier alpha value is -4.40. The summed E-state index contributed by atoms with van der Waals surface area (Å²) in [6.45, 7) is 9.00. The highest BCUT2D eigenvalue weighted by atomic mass is 32.1. The molecule has 1 atom stereocenters. The van der Waals surface area contributed by atoms with Crippen molar-refractivity contribution in [3.63, 3.8) is 0 Å². The van der Waals surface area contributed by atoms with Crippen LogP contribution in [-0.2, 0) is 16.1 Å². The molecule has 4 aromatic rings. The Morgan fingerprint density at radius 3 is 2.88 bits per heavy atom. The van der Waals surface area contributed by atoms with E-state index in [1.165, 1.54) is 22.2 Å². The molecule has 0 saturated carbocycles. The van der Waals surface area contributed by atoms with Crippen LogP contribution in [0.1, 0.15) is 18.4 Å². The van der Waals surface area contributed by atoms with Gasteiger partial charge in [-0.2, -0.15) is 0 Å². The molecule has 2 fully saturated rings. The standard InChI is InChI=1S/C29H34N10O3S/c1-3-27(40)38-10-6-7-21(19-38)31-25-15-20(18-37-11-13-42-14-12-37)16-26(32-25)33-29-30-17-24(43-29)28-34-36-39(35-28)22-8-4-5-9-23(22)41-2/h3-5,8-9,15-17,21H,1,6-7,10-14,18-19H2,2H3,(H2,30,31,32,33)/t21-/m0/s1. The highest BCUT2D eigenvalue weighted by Gasteiger charge is 2.23. The largest absolute Gasteiger partial charge is 0.494 e. The van der Waals surface area contributed by atoms with E-state index >= 15 is 0 Å². The van der Waals surface area contributed by atoms with Crippen LogP contribution in [0, 0.1) is 0 Å². The molecule has 1 aromatic carbocycles. The first-order valence-corrected chi connectivity index (χ1v) is 15.0. The number of tetrazole rings is 1. The van der Waals surface area contributed by atoms with E-state index in [9.17, 15) is 4.79 Å². The molecule has 2 aliphatic heterocycles. The number of ether oxygens (including phenoxy) is 2. The predicted molar refractivity (Wildman–Crippen MR) is 164 cm³/mol. The SMILES string of the molecule is C=CC(=O)N1CCC[C@H](Nc2cc(CN3CCOCC3)cc(Nc3ncc(-c4nnn(-c5ccccc5OC)n4)s3)n2)C1. The smallest absolute Gasteiger partial charge is 0.246 e. The Morgan fingerprint density at radius 1 is 1.21 bits per heavy atom. The number of piperidine rings is 1. The number of benzene rings is 1. The molecule has 0 bridgehead atoms. The van der Waals surface area contributed by atoms with E-state index < -0.39 is 0 Å². The van der Waals surface area contributed by atoms with Gasteiger partial charge in [0.25, 0.3) is 0 Å². The second-order valence-electron chi connectivity index (χ2n) is 10.3. The summed E-state index contributed by atoms with van der Waals surface area (Å²) in [5.41, 5.74) is 1.82. The highest BCUT2D eigenvalue weighted by Crippen LogP contribution is 2.30. The summed E-state index contributed by atoms with van der Waals surface area (Å²) in [6, 6.07) is 11.7. The third-order valence-electron chi connectivity index (χ3n) is 7.33. The number of methoxy groups -OCH3 is 1. The topological polar surface area (TPSA) is 135 Å². The summed E-state index contributed by atoms with van der Waals surface area (Å²) >= 11 is 1.42. The van der Waals surface area contributed by atoms with Gasteiger partial charge in [-0.25, -0.2) is 9.97 Å². The quantitative estimate of drug-likeness (QED) is 0.259. The van der Waals surface area contributed by atoms with E-state index in [0.29, 0.717) is 34.8 Å². The number of likely N-dealkylation sites (tertiary alicyclic amines) is 1. The zero-order chi connectivity index (χ0) is 29.6. The molecule has 0 unspecified atom stereocenters. The van der Waals surface area contributed by atoms with Gasteiger partial charge < -0.3 is 25.0 Å². The van der Waals surface area contributed by atoms with E-state index in [-0.39, 0.29) is 11.9 Å². The van der Waals surface area contributed by atoms with Crippen LogP contribution < -0.4 is 15.4 Å². The molecule has 13 nitrogen and oxygen atoms in total. The van der Waals surface area contributed by atoms with E-state index in [1.54, 1.807) is 13.3 Å². The number of anilines is 3. The maximum absolute atomic E-state index is 12.2. The summed E-state index contributed by atoms with van der Waals surface area (Å²) in [5.74, 6) is 2.50. The number of hydrogen-bond donors (Lipinski definition) is 2. The Bertz CT molecular complexity index is 1570. The summed E-state index contributed by atoms with van der Waals surface area (Å²) in [7, 11) is 1.61. The minimum absolute atomic E-state index is 0.0418. The van der Waals surface area contributed by atoms with Gasteiger partial charge in [-0.05, 0) is 54.0 Å². The number of hydrogen-bond acceptors (Lipinski definition) is 12. The molecule has 6 rings (SSSR count). The van der Waals surface area contributed by atoms with Gasteiger partial charge in [0.05, 0.1) is 31.4 Å². The second-order valence-corrected chi connectivity index (χ2v) is 11.4. The number of carbonyl (C=O) groups is 1. The summed E-state index contributed by atoms with van der Waals surface area (Å²) in [6.07, 6.45) is 4.98. The Balaban J connectivity index is 1.20. The zero-order valence-corrected chi connectivity index (χ0v) is 24.8. The van der Waals surface area contributed by atoms with Crippen molar-refractivity contribution < 1.29 is 14.3 Å². The monoisotopic (exact) mass is 602 g/mol. The number of nitrogens with zero attached hydrogens (tertiary/aromatic N) is 8. The van der Waals surface area contributed by atoms with E-state index in [4.69, 9.17) is 14.5 Å². The molecule has 0 radical (unpaired) electrons. The van der Waals surface area contributed by atoms with Gasteiger partial charge in [0.15, 0.2) is 5.13 Å². The molecule has 2 N–H and O–H groups in total.